The average Bonchev–Trinajstić information content (AvgIpc) is 2.96. The minimum absolute atomic E-state index is 0. The van der Waals surface area contributed by atoms with Crippen molar-refractivity contribution < 1.29 is 30.0 Å². The number of hydrogen-bond acceptors (Lipinski definition) is 4. The van der Waals surface area contributed by atoms with Gasteiger partial charge >= 0.3 is 5.97 Å². The topological polar surface area (TPSA) is 76.0 Å². The molecule has 0 saturated carbocycles. The Morgan fingerprint density at radius 2 is 1.45 bits per heavy atom. The first-order valence-corrected chi connectivity index (χ1v) is 13.2. The third-order valence-electron chi connectivity index (χ3n) is 6.06. The minimum Gasteiger partial charge on any atom is -0.477 e. The Labute approximate surface area is 240 Å². The fraction of sp³-hybridized carbons (Fsp3) is 0.312. The standard InChI is InChI=1S/C26H31N2.C6H5NO2.Ir/c1-2-3-4-5-6-7-8-10-14-22-20-27-26(28-21-22)25-18-13-17-24(19-25)23-15-11-9-12-16-23;8-6(9)5-3-1-2-4-7-5;/h9,11-13,15-17,19-21H,2-8,10,14H2,1H3;1-4H,(H,8,9);/q-1;;. The van der Waals surface area contributed by atoms with Gasteiger partial charge in [0.05, 0.1) is 5.82 Å². The molecular formula is C32H36IrN3O2-. The van der Waals surface area contributed by atoms with Crippen molar-refractivity contribution in [1.29, 1.82) is 0 Å². The van der Waals surface area contributed by atoms with E-state index in [1.807, 2.05) is 24.5 Å². The van der Waals surface area contributed by atoms with Crippen LogP contribution in [0.15, 0.2) is 85.3 Å². The van der Waals surface area contributed by atoms with Gasteiger partial charge in [0.25, 0.3) is 0 Å². The first-order chi connectivity index (χ1) is 18.2. The number of carboxylic acid groups (broad SMARTS) is 1. The number of rotatable bonds is 12. The molecule has 0 bridgehead atoms. The Kier molecular flexibility index (Phi) is 14.8. The SMILES string of the molecule is CCCCCCCCCCc1cnc(-c2[c-]ccc(-c3ccccc3)c2)nc1.O=C(O)c1ccccn1.[Ir]. The van der Waals surface area contributed by atoms with Gasteiger partial charge in [-0.25, -0.2) is 9.78 Å². The molecule has 4 aromatic rings. The zero-order chi connectivity index (χ0) is 26.1. The number of benzene rings is 2. The summed E-state index contributed by atoms with van der Waals surface area (Å²) in [7, 11) is 0. The Balaban J connectivity index is 0.000000430. The summed E-state index contributed by atoms with van der Waals surface area (Å²) in [6.45, 7) is 2.27. The van der Waals surface area contributed by atoms with Crippen molar-refractivity contribution in [1.82, 2.24) is 15.0 Å². The molecule has 2 aromatic heterocycles. The van der Waals surface area contributed by atoms with Crippen molar-refractivity contribution in [3.8, 4) is 22.5 Å². The van der Waals surface area contributed by atoms with E-state index in [1.54, 1.807) is 12.1 Å². The molecule has 1 N–H and O–H groups in total. The molecule has 0 aliphatic heterocycles. The molecule has 1 radical (unpaired) electrons. The van der Waals surface area contributed by atoms with Gasteiger partial charge in [-0.2, -0.15) is 0 Å². The number of nitrogens with zero attached hydrogens (tertiary/aromatic N) is 3. The maximum Gasteiger partial charge on any atom is 0.354 e. The monoisotopic (exact) mass is 687 g/mol. The molecule has 5 nitrogen and oxygen atoms in total. The molecule has 0 aliphatic carbocycles. The molecule has 0 saturated heterocycles. The van der Waals surface area contributed by atoms with Gasteiger partial charge in [-0.1, -0.05) is 88.3 Å². The summed E-state index contributed by atoms with van der Waals surface area (Å²) in [5.41, 5.74) is 4.62. The average molecular weight is 687 g/mol. The fourth-order valence-electron chi connectivity index (χ4n) is 3.98. The van der Waals surface area contributed by atoms with Crippen molar-refractivity contribution in [3.63, 3.8) is 0 Å². The number of hydrogen-bond donors (Lipinski definition) is 1. The van der Waals surface area contributed by atoms with Crippen LogP contribution in [0.25, 0.3) is 22.5 Å². The molecule has 201 valence electrons. The normalized spacial score (nSPS) is 10.1. The van der Waals surface area contributed by atoms with Crippen molar-refractivity contribution in [2.24, 2.45) is 0 Å². The molecule has 38 heavy (non-hydrogen) atoms. The van der Waals surface area contributed by atoms with E-state index >= 15 is 0 Å². The third-order valence-corrected chi connectivity index (χ3v) is 6.06. The number of aryl methyl sites for hydroxylation is 1. The van der Waals surface area contributed by atoms with E-state index in [-0.39, 0.29) is 25.8 Å². The van der Waals surface area contributed by atoms with Crippen molar-refractivity contribution in [2.45, 2.75) is 64.7 Å². The van der Waals surface area contributed by atoms with Crippen LogP contribution in [0.4, 0.5) is 0 Å². The quantitative estimate of drug-likeness (QED) is 0.121. The molecule has 0 spiro atoms. The zero-order valence-electron chi connectivity index (χ0n) is 22.0. The van der Waals surface area contributed by atoms with Crippen molar-refractivity contribution >= 4 is 5.97 Å². The molecular weight excluding hydrogens is 651 g/mol. The largest absolute Gasteiger partial charge is 0.477 e. The molecule has 2 heterocycles. The van der Waals surface area contributed by atoms with E-state index in [1.165, 1.54) is 80.3 Å². The Bertz CT molecular complexity index is 1190. The van der Waals surface area contributed by atoms with E-state index in [2.05, 4.69) is 64.3 Å². The molecule has 6 heteroatoms. The van der Waals surface area contributed by atoms with Gasteiger partial charge in [-0.05, 0) is 36.1 Å². The van der Waals surface area contributed by atoms with Gasteiger partial charge in [0.1, 0.15) is 5.69 Å². The van der Waals surface area contributed by atoms with Gasteiger partial charge in [0.2, 0.25) is 0 Å². The summed E-state index contributed by atoms with van der Waals surface area (Å²) in [4.78, 5) is 22.9. The predicted octanol–water partition coefficient (Wildman–Crippen LogP) is 8.07. The van der Waals surface area contributed by atoms with Crippen molar-refractivity contribution in [2.75, 3.05) is 0 Å². The second-order valence-electron chi connectivity index (χ2n) is 9.02. The van der Waals surface area contributed by atoms with Crippen molar-refractivity contribution in [3.05, 3.63) is 103 Å². The number of aromatic carboxylic acids is 1. The molecule has 0 fully saturated rings. The number of unbranched alkanes of at least 4 members (excludes halogenated alkanes) is 7. The molecule has 0 aliphatic rings. The second-order valence-corrected chi connectivity index (χ2v) is 9.02. The Morgan fingerprint density at radius 1 is 0.789 bits per heavy atom. The van der Waals surface area contributed by atoms with E-state index < -0.39 is 5.97 Å². The summed E-state index contributed by atoms with van der Waals surface area (Å²) in [5.74, 6) is -0.243. The Hall–Kier alpha value is -3.21. The van der Waals surface area contributed by atoms with E-state index in [9.17, 15) is 4.79 Å². The van der Waals surface area contributed by atoms with Crippen LogP contribution >= 0.6 is 0 Å². The van der Waals surface area contributed by atoms with Crippen LogP contribution in [0.1, 0.15) is 74.3 Å². The first kappa shape index (κ1) is 31.0. The Morgan fingerprint density at radius 3 is 2.05 bits per heavy atom. The van der Waals surface area contributed by atoms with Gasteiger partial charge < -0.3 is 5.11 Å². The maximum atomic E-state index is 10.1. The number of pyridine rings is 1. The van der Waals surface area contributed by atoms with Crippen LogP contribution in [-0.4, -0.2) is 26.0 Å². The number of aromatic nitrogens is 3. The van der Waals surface area contributed by atoms with Crippen LogP contribution in [0.5, 0.6) is 0 Å². The second kappa shape index (κ2) is 18.1. The van der Waals surface area contributed by atoms with Crippen LogP contribution in [0.2, 0.25) is 0 Å². The van der Waals surface area contributed by atoms with Gasteiger partial charge in [0.15, 0.2) is 0 Å². The molecule has 0 amide bonds. The summed E-state index contributed by atoms with van der Waals surface area (Å²) in [6.07, 6.45) is 17.2. The van der Waals surface area contributed by atoms with E-state index in [0.29, 0.717) is 0 Å². The zero-order valence-corrected chi connectivity index (χ0v) is 24.4. The smallest absolute Gasteiger partial charge is 0.354 e. The van der Waals surface area contributed by atoms with E-state index in [0.717, 1.165) is 17.8 Å². The minimum atomic E-state index is -0.990. The molecule has 2 aromatic carbocycles. The molecule has 4 rings (SSSR count). The summed E-state index contributed by atoms with van der Waals surface area (Å²) in [5, 5.41) is 8.32. The first-order valence-electron chi connectivity index (χ1n) is 13.2. The van der Waals surface area contributed by atoms with Crippen LogP contribution < -0.4 is 0 Å². The summed E-state index contributed by atoms with van der Waals surface area (Å²) < 4.78 is 0. The maximum absolute atomic E-state index is 10.1. The van der Waals surface area contributed by atoms with Gasteiger partial charge in [-0.15, -0.1) is 35.4 Å². The van der Waals surface area contributed by atoms with Gasteiger partial charge in [0, 0.05) is 38.7 Å². The third kappa shape index (κ3) is 11.0. The van der Waals surface area contributed by atoms with Crippen LogP contribution in [0, 0.1) is 6.07 Å². The number of carboxylic acids is 1. The fourth-order valence-corrected chi connectivity index (χ4v) is 3.98. The molecule has 0 unspecified atom stereocenters. The number of carbonyl (C=O) groups is 1. The summed E-state index contributed by atoms with van der Waals surface area (Å²) >= 11 is 0. The summed E-state index contributed by atoms with van der Waals surface area (Å²) in [6, 6.07) is 24.6. The molecule has 0 atom stereocenters. The van der Waals surface area contributed by atoms with Crippen LogP contribution in [0.3, 0.4) is 0 Å². The predicted molar refractivity (Wildman–Crippen MR) is 149 cm³/mol. The van der Waals surface area contributed by atoms with Crippen LogP contribution in [-0.2, 0) is 26.5 Å². The van der Waals surface area contributed by atoms with E-state index in [4.69, 9.17) is 5.11 Å². The van der Waals surface area contributed by atoms with Gasteiger partial charge in [-0.3, -0.25) is 9.97 Å².